The predicted octanol–water partition coefficient (Wildman–Crippen LogP) is 0.382. The van der Waals surface area contributed by atoms with Crippen LogP contribution in [-0.4, -0.2) is 57.0 Å². The first-order valence-corrected chi connectivity index (χ1v) is 8.23. The summed E-state index contributed by atoms with van der Waals surface area (Å²) in [6.45, 7) is 2.11. The number of nitro benzene ring substituents is 1. The van der Waals surface area contributed by atoms with Crippen molar-refractivity contribution in [1.29, 1.82) is 0 Å². The molecule has 1 saturated heterocycles. The van der Waals surface area contributed by atoms with Crippen molar-refractivity contribution >= 4 is 28.1 Å². The molecule has 0 saturated carbocycles. The number of halogens is 1. The largest absolute Gasteiger partial charge is 0.486 e. The molecule has 0 atom stereocenters. The molecule has 1 fully saturated rings. The third kappa shape index (κ3) is 3.34. The van der Waals surface area contributed by atoms with Gasteiger partial charge in [-0.25, -0.2) is 8.42 Å². The first-order chi connectivity index (χ1) is 10.5. The SMILES string of the molecule is Cl.O=[N+]([O-])c1cc2c(cc1S(=O)(=O)N1CCNCC1)OCCO2. The molecular formula is C12H16ClN3O6S. The van der Waals surface area contributed by atoms with Crippen LogP contribution in [0.1, 0.15) is 0 Å². The average Bonchev–Trinajstić information content (AvgIpc) is 2.54. The molecule has 0 amide bonds. The molecule has 0 aromatic heterocycles. The van der Waals surface area contributed by atoms with E-state index < -0.39 is 20.6 Å². The number of benzene rings is 1. The molecule has 23 heavy (non-hydrogen) atoms. The lowest BCUT2D eigenvalue weighted by molar-refractivity contribution is -0.388. The molecule has 9 nitrogen and oxygen atoms in total. The summed E-state index contributed by atoms with van der Waals surface area (Å²) in [5, 5.41) is 14.3. The fraction of sp³-hybridized carbons (Fsp3) is 0.500. The van der Waals surface area contributed by atoms with Crippen LogP contribution in [0, 0.1) is 10.1 Å². The van der Waals surface area contributed by atoms with E-state index >= 15 is 0 Å². The predicted molar refractivity (Wildman–Crippen MR) is 83.0 cm³/mol. The number of sulfonamides is 1. The van der Waals surface area contributed by atoms with Crippen molar-refractivity contribution in [3.8, 4) is 11.5 Å². The maximum atomic E-state index is 12.7. The lowest BCUT2D eigenvalue weighted by Gasteiger charge is -2.27. The van der Waals surface area contributed by atoms with Gasteiger partial charge in [0.05, 0.1) is 11.0 Å². The van der Waals surface area contributed by atoms with Crippen molar-refractivity contribution < 1.29 is 22.8 Å². The highest BCUT2D eigenvalue weighted by Crippen LogP contribution is 2.39. The molecule has 0 aliphatic carbocycles. The van der Waals surface area contributed by atoms with Crippen molar-refractivity contribution in [3.63, 3.8) is 0 Å². The fourth-order valence-corrected chi connectivity index (χ4v) is 4.03. The summed E-state index contributed by atoms with van der Waals surface area (Å²) in [4.78, 5) is 10.2. The number of hydrogen-bond donors (Lipinski definition) is 1. The molecule has 2 aliphatic heterocycles. The molecule has 0 bridgehead atoms. The van der Waals surface area contributed by atoms with Gasteiger partial charge >= 0.3 is 0 Å². The lowest BCUT2D eigenvalue weighted by Crippen LogP contribution is -2.46. The van der Waals surface area contributed by atoms with E-state index in [4.69, 9.17) is 9.47 Å². The van der Waals surface area contributed by atoms with Crippen LogP contribution >= 0.6 is 12.4 Å². The van der Waals surface area contributed by atoms with E-state index in [-0.39, 0.29) is 55.1 Å². The number of nitrogens with one attached hydrogen (secondary N) is 1. The number of ether oxygens (including phenoxy) is 2. The quantitative estimate of drug-likeness (QED) is 0.608. The van der Waals surface area contributed by atoms with E-state index in [1.54, 1.807) is 0 Å². The van der Waals surface area contributed by atoms with Crippen LogP contribution in [0.4, 0.5) is 5.69 Å². The minimum atomic E-state index is -3.96. The molecule has 3 rings (SSSR count). The maximum absolute atomic E-state index is 12.7. The summed E-state index contributed by atoms with van der Waals surface area (Å²) in [7, 11) is -3.96. The zero-order chi connectivity index (χ0) is 15.7. The van der Waals surface area contributed by atoms with E-state index in [0.717, 1.165) is 6.07 Å². The Morgan fingerprint density at radius 2 is 1.70 bits per heavy atom. The van der Waals surface area contributed by atoms with Gasteiger partial charge in [-0.15, -0.1) is 12.4 Å². The normalized spacial score (nSPS) is 18.1. The second-order valence-corrected chi connectivity index (χ2v) is 6.78. The van der Waals surface area contributed by atoms with Crippen molar-refractivity contribution in [2.45, 2.75) is 4.90 Å². The zero-order valence-corrected chi connectivity index (χ0v) is 13.7. The number of rotatable bonds is 3. The summed E-state index contributed by atoms with van der Waals surface area (Å²) in [6.07, 6.45) is 0. The zero-order valence-electron chi connectivity index (χ0n) is 12.1. The third-order valence-electron chi connectivity index (χ3n) is 3.51. The van der Waals surface area contributed by atoms with Gasteiger partial charge in [0.15, 0.2) is 16.4 Å². The van der Waals surface area contributed by atoms with Gasteiger partial charge in [-0.1, -0.05) is 0 Å². The monoisotopic (exact) mass is 365 g/mol. The molecule has 1 N–H and O–H groups in total. The summed E-state index contributed by atoms with van der Waals surface area (Å²) < 4.78 is 37.2. The molecule has 1 aromatic carbocycles. The van der Waals surface area contributed by atoms with Crippen LogP contribution < -0.4 is 14.8 Å². The van der Waals surface area contributed by atoms with Crippen molar-refractivity contribution in [2.75, 3.05) is 39.4 Å². The summed E-state index contributed by atoms with van der Waals surface area (Å²) in [5.74, 6) is 0.405. The molecule has 0 spiro atoms. The Labute approximate surface area is 139 Å². The highest BCUT2D eigenvalue weighted by atomic mass is 35.5. The van der Waals surface area contributed by atoms with Gasteiger partial charge in [0, 0.05) is 32.2 Å². The molecule has 2 heterocycles. The number of nitrogens with zero attached hydrogens (tertiary/aromatic N) is 2. The van der Waals surface area contributed by atoms with Crippen LogP contribution in [0.15, 0.2) is 17.0 Å². The van der Waals surface area contributed by atoms with E-state index in [1.807, 2.05) is 0 Å². The molecule has 0 radical (unpaired) electrons. The van der Waals surface area contributed by atoms with Gasteiger partial charge in [-0.2, -0.15) is 4.31 Å². The highest BCUT2D eigenvalue weighted by Gasteiger charge is 2.35. The first kappa shape index (κ1) is 17.7. The lowest BCUT2D eigenvalue weighted by atomic mass is 10.2. The Kier molecular flexibility index (Phi) is 5.30. The Morgan fingerprint density at radius 1 is 1.13 bits per heavy atom. The molecule has 11 heteroatoms. The molecule has 128 valence electrons. The van der Waals surface area contributed by atoms with E-state index in [1.165, 1.54) is 10.4 Å². The Balaban J connectivity index is 0.00000192. The summed E-state index contributed by atoms with van der Waals surface area (Å²) in [6, 6.07) is 2.30. The number of hydrogen-bond acceptors (Lipinski definition) is 7. The summed E-state index contributed by atoms with van der Waals surface area (Å²) >= 11 is 0. The standard InChI is InChI=1S/C12H15N3O6S.ClH/c16-15(17)9-7-10-11(21-6-5-20-10)8-12(9)22(18,19)14-3-1-13-2-4-14;/h7-8,13H,1-6H2;1H. The highest BCUT2D eigenvalue weighted by molar-refractivity contribution is 7.89. The number of piperazine rings is 1. The van der Waals surface area contributed by atoms with Gasteiger partial charge in [0.25, 0.3) is 5.69 Å². The summed E-state index contributed by atoms with van der Waals surface area (Å²) in [5.41, 5.74) is -0.497. The van der Waals surface area contributed by atoms with E-state index in [9.17, 15) is 18.5 Å². The Hall–Kier alpha value is -1.62. The molecular weight excluding hydrogens is 350 g/mol. The third-order valence-corrected chi connectivity index (χ3v) is 5.44. The maximum Gasteiger partial charge on any atom is 0.293 e. The molecule has 1 aromatic rings. The van der Waals surface area contributed by atoms with E-state index in [0.29, 0.717) is 13.1 Å². The second-order valence-electron chi connectivity index (χ2n) is 4.87. The van der Waals surface area contributed by atoms with Crippen LogP contribution in [0.2, 0.25) is 0 Å². The average molecular weight is 366 g/mol. The smallest absolute Gasteiger partial charge is 0.293 e. The van der Waals surface area contributed by atoms with Gasteiger partial charge in [-0.3, -0.25) is 10.1 Å². The van der Waals surface area contributed by atoms with Gasteiger partial charge in [-0.05, 0) is 0 Å². The number of fused-ring (bicyclic) bond motifs is 1. The Bertz CT molecular complexity index is 705. The van der Waals surface area contributed by atoms with Crippen LogP contribution in [0.5, 0.6) is 11.5 Å². The van der Waals surface area contributed by atoms with Crippen LogP contribution in [0.3, 0.4) is 0 Å². The number of nitro groups is 1. The van der Waals surface area contributed by atoms with Crippen molar-refractivity contribution in [1.82, 2.24) is 9.62 Å². The molecule has 2 aliphatic rings. The van der Waals surface area contributed by atoms with Crippen molar-refractivity contribution in [2.24, 2.45) is 0 Å². The van der Waals surface area contributed by atoms with Gasteiger partial charge < -0.3 is 14.8 Å². The minimum Gasteiger partial charge on any atom is -0.486 e. The van der Waals surface area contributed by atoms with Gasteiger partial charge in [0.2, 0.25) is 10.0 Å². The van der Waals surface area contributed by atoms with Crippen LogP contribution in [0.25, 0.3) is 0 Å². The first-order valence-electron chi connectivity index (χ1n) is 6.79. The molecule has 0 unspecified atom stereocenters. The second kappa shape index (κ2) is 6.87. The Morgan fingerprint density at radius 3 is 2.26 bits per heavy atom. The van der Waals surface area contributed by atoms with E-state index in [2.05, 4.69) is 5.32 Å². The fourth-order valence-electron chi connectivity index (χ4n) is 2.43. The minimum absolute atomic E-state index is 0. The van der Waals surface area contributed by atoms with Crippen molar-refractivity contribution in [3.05, 3.63) is 22.2 Å². The van der Waals surface area contributed by atoms with Crippen LogP contribution in [-0.2, 0) is 10.0 Å². The topological polar surface area (TPSA) is 111 Å². The van der Waals surface area contributed by atoms with Gasteiger partial charge in [0.1, 0.15) is 13.2 Å².